The van der Waals surface area contributed by atoms with Gasteiger partial charge in [0.2, 0.25) is 0 Å². The van der Waals surface area contributed by atoms with E-state index >= 15 is 0 Å². The first-order valence-corrected chi connectivity index (χ1v) is 8.13. The third-order valence-electron chi connectivity index (χ3n) is 4.42. The maximum absolute atomic E-state index is 10.6. The summed E-state index contributed by atoms with van der Waals surface area (Å²) in [7, 11) is 0. The van der Waals surface area contributed by atoms with E-state index in [0.717, 1.165) is 17.5 Å². The van der Waals surface area contributed by atoms with E-state index in [0.29, 0.717) is 5.56 Å². The topological polar surface area (TPSA) is 40.5 Å². The lowest BCUT2D eigenvalue weighted by atomic mass is 9.78. The lowest BCUT2D eigenvalue weighted by Gasteiger charge is -2.27. The lowest BCUT2D eigenvalue weighted by Crippen LogP contribution is -2.20. The number of hydrogen-bond acceptors (Lipinski definition) is 2. The summed E-state index contributed by atoms with van der Waals surface area (Å²) in [5, 5.41) is 21.1. The average molecular weight is 318 g/mol. The molecule has 0 aliphatic carbocycles. The highest BCUT2D eigenvalue weighted by molar-refractivity contribution is 5.73. The Bertz CT molecular complexity index is 821. The van der Waals surface area contributed by atoms with Crippen molar-refractivity contribution < 1.29 is 10.2 Å². The molecule has 0 unspecified atom stereocenters. The summed E-state index contributed by atoms with van der Waals surface area (Å²) >= 11 is 0. The van der Waals surface area contributed by atoms with Crippen molar-refractivity contribution in [3.63, 3.8) is 0 Å². The molecule has 2 N–H and O–H groups in total. The first-order chi connectivity index (χ1) is 11.5. The molecule has 0 saturated heterocycles. The van der Waals surface area contributed by atoms with Gasteiger partial charge in [-0.1, -0.05) is 74.5 Å². The SMILES string of the molecule is CC(C)(Cc1ccccc1)c1cc(O)c(-c2ccccc2)cc1O. The van der Waals surface area contributed by atoms with Crippen LogP contribution in [0.25, 0.3) is 11.1 Å². The van der Waals surface area contributed by atoms with Crippen LogP contribution in [0, 0.1) is 0 Å². The van der Waals surface area contributed by atoms with Gasteiger partial charge in [-0.05, 0) is 35.1 Å². The summed E-state index contributed by atoms with van der Waals surface area (Å²) in [5.74, 6) is 0.405. The summed E-state index contributed by atoms with van der Waals surface area (Å²) in [4.78, 5) is 0. The first kappa shape index (κ1) is 16.1. The fraction of sp³-hybridized carbons (Fsp3) is 0.182. The first-order valence-electron chi connectivity index (χ1n) is 8.13. The van der Waals surface area contributed by atoms with E-state index in [1.165, 1.54) is 5.56 Å². The quantitative estimate of drug-likeness (QED) is 0.642. The predicted octanol–water partition coefficient (Wildman–Crippen LogP) is 5.29. The van der Waals surface area contributed by atoms with Crippen LogP contribution >= 0.6 is 0 Å². The van der Waals surface area contributed by atoms with Crippen LogP contribution in [0.4, 0.5) is 0 Å². The minimum atomic E-state index is -0.294. The highest BCUT2D eigenvalue weighted by Gasteiger charge is 2.26. The van der Waals surface area contributed by atoms with Crippen molar-refractivity contribution in [3.8, 4) is 22.6 Å². The molecule has 3 aromatic carbocycles. The number of phenolic OH excluding ortho intramolecular Hbond substituents is 2. The summed E-state index contributed by atoms with van der Waals surface area (Å²) in [6.45, 7) is 4.16. The van der Waals surface area contributed by atoms with E-state index in [1.807, 2.05) is 48.5 Å². The summed E-state index contributed by atoms with van der Waals surface area (Å²) in [6, 6.07) is 23.1. The normalized spacial score (nSPS) is 11.4. The highest BCUT2D eigenvalue weighted by Crippen LogP contribution is 2.41. The van der Waals surface area contributed by atoms with Gasteiger partial charge in [0.1, 0.15) is 11.5 Å². The molecular formula is C22H22O2. The van der Waals surface area contributed by atoms with Gasteiger partial charge in [0, 0.05) is 11.1 Å². The Morgan fingerprint density at radius 2 is 1.33 bits per heavy atom. The fourth-order valence-electron chi connectivity index (χ4n) is 3.17. The molecule has 0 aliphatic heterocycles. The van der Waals surface area contributed by atoms with Crippen molar-refractivity contribution in [2.45, 2.75) is 25.7 Å². The van der Waals surface area contributed by atoms with Gasteiger partial charge >= 0.3 is 0 Å². The molecule has 0 aromatic heterocycles. The maximum atomic E-state index is 10.6. The van der Waals surface area contributed by atoms with Crippen LogP contribution in [0.2, 0.25) is 0 Å². The summed E-state index contributed by atoms with van der Waals surface area (Å²) < 4.78 is 0. The van der Waals surface area contributed by atoms with Crippen LogP contribution < -0.4 is 0 Å². The molecule has 3 rings (SSSR count). The molecule has 0 spiro atoms. The Hall–Kier alpha value is -2.74. The molecule has 3 aromatic rings. The fourth-order valence-corrected chi connectivity index (χ4v) is 3.17. The van der Waals surface area contributed by atoms with E-state index in [4.69, 9.17) is 0 Å². The molecule has 2 heteroatoms. The van der Waals surface area contributed by atoms with Crippen LogP contribution in [0.1, 0.15) is 25.0 Å². The van der Waals surface area contributed by atoms with Crippen molar-refractivity contribution in [2.24, 2.45) is 0 Å². The monoisotopic (exact) mass is 318 g/mol. The van der Waals surface area contributed by atoms with Crippen LogP contribution in [-0.4, -0.2) is 10.2 Å². The lowest BCUT2D eigenvalue weighted by molar-refractivity contribution is 0.424. The van der Waals surface area contributed by atoms with E-state index in [9.17, 15) is 10.2 Å². The Balaban J connectivity index is 1.98. The van der Waals surface area contributed by atoms with Gasteiger partial charge in [0.05, 0.1) is 0 Å². The molecule has 0 radical (unpaired) electrons. The minimum absolute atomic E-state index is 0.190. The van der Waals surface area contributed by atoms with Gasteiger partial charge in [-0.25, -0.2) is 0 Å². The van der Waals surface area contributed by atoms with Crippen molar-refractivity contribution >= 4 is 0 Å². The molecule has 0 bridgehead atoms. The van der Waals surface area contributed by atoms with Gasteiger partial charge < -0.3 is 10.2 Å². The largest absolute Gasteiger partial charge is 0.508 e. The van der Waals surface area contributed by atoms with Gasteiger partial charge in [-0.15, -0.1) is 0 Å². The van der Waals surface area contributed by atoms with Gasteiger partial charge in [-0.3, -0.25) is 0 Å². The molecule has 0 amide bonds. The molecule has 0 fully saturated rings. The van der Waals surface area contributed by atoms with Crippen molar-refractivity contribution in [1.82, 2.24) is 0 Å². The predicted molar refractivity (Wildman–Crippen MR) is 98.4 cm³/mol. The zero-order chi connectivity index (χ0) is 17.2. The molecule has 0 heterocycles. The number of rotatable bonds is 4. The van der Waals surface area contributed by atoms with E-state index in [1.54, 1.807) is 12.1 Å². The standard InChI is InChI=1S/C22H22O2/c1-22(2,15-16-9-5-3-6-10-16)19-14-20(23)18(13-21(19)24)17-11-7-4-8-12-17/h3-14,23-24H,15H2,1-2H3. The van der Waals surface area contributed by atoms with Crippen LogP contribution in [0.5, 0.6) is 11.5 Å². The molecule has 2 nitrogen and oxygen atoms in total. The molecule has 0 atom stereocenters. The molecule has 122 valence electrons. The minimum Gasteiger partial charge on any atom is -0.508 e. The van der Waals surface area contributed by atoms with E-state index < -0.39 is 0 Å². The number of aromatic hydroxyl groups is 2. The van der Waals surface area contributed by atoms with Gasteiger partial charge in [0.15, 0.2) is 0 Å². The van der Waals surface area contributed by atoms with Crippen molar-refractivity contribution in [3.05, 3.63) is 83.9 Å². The Kier molecular flexibility index (Phi) is 4.30. The maximum Gasteiger partial charge on any atom is 0.123 e. The van der Waals surface area contributed by atoms with Gasteiger partial charge in [0.25, 0.3) is 0 Å². The van der Waals surface area contributed by atoms with Crippen molar-refractivity contribution in [1.29, 1.82) is 0 Å². The van der Waals surface area contributed by atoms with Crippen LogP contribution in [0.3, 0.4) is 0 Å². The second kappa shape index (κ2) is 6.40. The van der Waals surface area contributed by atoms with E-state index in [2.05, 4.69) is 26.0 Å². The number of benzene rings is 3. The Morgan fingerprint density at radius 1 is 0.750 bits per heavy atom. The molecular weight excluding hydrogens is 296 g/mol. The third kappa shape index (κ3) is 3.28. The average Bonchev–Trinajstić information content (AvgIpc) is 2.58. The summed E-state index contributed by atoms with van der Waals surface area (Å²) in [5.41, 5.74) is 3.19. The molecule has 0 aliphatic rings. The Labute approximate surface area is 143 Å². The smallest absolute Gasteiger partial charge is 0.123 e. The molecule has 24 heavy (non-hydrogen) atoms. The second-order valence-electron chi connectivity index (χ2n) is 6.80. The zero-order valence-electron chi connectivity index (χ0n) is 14.0. The number of phenols is 2. The zero-order valence-corrected chi connectivity index (χ0v) is 14.0. The van der Waals surface area contributed by atoms with Crippen LogP contribution in [0.15, 0.2) is 72.8 Å². The summed E-state index contributed by atoms with van der Waals surface area (Å²) in [6.07, 6.45) is 0.783. The Morgan fingerprint density at radius 3 is 1.96 bits per heavy atom. The third-order valence-corrected chi connectivity index (χ3v) is 4.42. The number of hydrogen-bond donors (Lipinski definition) is 2. The van der Waals surface area contributed by atoms with E-state index in [-0.39, 0.29) is 16.9 Å². The van der Waals surface area contributed by atoms with Crippen LogP contribution in [-0.2, 0) is 11.8 Å². The van der Waals surface area contributed by atoms with Crippen molar-refractivity contribution in [2.75, 3.05) is 0 Å². The second-order valence-corrected chi connectivity index (χ2v) is 6.80. The van der Waals surface area contributed by atoms with Gasteiger partial charge in [-0.2, -0.15) is 0 Å². The highest BCUT2D eigenvalue weighted by atomic mass is 16.3. The molecule has 0 saturated carbocycles.